The number of pyridine rings is 1. The van der Waals surface area contributed by atoms with Crippen molar-refractivity contribution in [2.75, 3.05) is 0 Å². The van der Waals surface area contributed by atoms with Crippen LogP contribution in [0, 0.1) is 6.92 Å². The summed E-state index contributed by atoms with van der Waals surface area (Å²) < 4.78 is 5.64. The summed E-state index contributed by atoms with van der Waals surface area (Å²) in [6.07, 6.45) is 1.73. The molecule has 4 nitrogen and oxygen atoms in total. The van der Waals surface area contributed by atoms with E-state index in [-0.39, 0.29) is 6.42 Å². The van der Waals surface area contributed by atoms with Crippen molar-refractivity contribution in [3.63, 3.8) is 0 Å². The Hall–Kier alpha value is -2.36. The molecule has 0 saturated carbocycles. The maximum atomic E-state index is 10.7. The third kappa shape index (κ3) is 3.81. The maximum Gasteiger partial charge on any atom is 0.307 e. The number of carboxylic acid groups (broad SMARTS) is 1. The number of nitrogens with zero attached hydrogens (tertiary/aromatic N) is 1. The van der Waals surface area contributed by atoms with E-state index in [1.807, 2.05) is 25.1 Å². The first-order chi connectivity index (χ1) is 9.15. The fraction of sp³-hybridized carbons (Fsp3) is 0.200. The summed E-state index contributed by atoms with van der Waals surface area (Å²) in [7, 11) is 0. The van der Waals surface area contributed by atoms with Gasteiger partial charge in [0.25, 0.3) is 0 Å². The number of aliphatic carboxylic acids is 1. The van der Waals surface area contributed by atoms with Gasteiger partial charge in [0.1, 0.15) is 12.4 Å². The zero-order valence-electron chi connectivity index (χ0n) is 10.7. The molecule has 1 N–H and O–H groups in total. The van der Waals surface area contributed by atoms with E-state index in [0.29, 0.717) is 12.4 Å². The van der Waals surface area contributed by atoms with Crippen LogP contribution >= 0.6 is 0 Å². The van der Waals surface area contributed by atoms with Crippen LogP contribution in [0.1, 0.15) is 16.8 Å². The molecule has 2 rings (SSSR count). The van der Waals surface area contributed by atoms with Gasteiger partial charge in [0, 0.05) is 6.20 Å². The van der Waals surface area contributed by atoms with Gasteiger partial charge in [-0.25, -0.2) is 0 Å². The predicted octanol–water partition coefficient (Wildman–Crippen LogP) is 2.60. The Kier molecular flexibility index (Phi) is 4.13. The molecule has 0 aliphatic rings. The standard InChI is InChI=1S/C15H15NO3/c1-11-4-3-7-16-14(11)10-19-13-6-2-5-12(8-13)9-15(17)18/h2-8H,9-10H2,1H3,(H,17,18). The second kappa shape index (κ2) is 6.00. The molecule has 0 fully saturated rings. The molecular weight excluding hydrogens is 242 g/mol. The molecule has 0 unspecified atom stereocenters. The van der Waals surface area contributed by atoms with Crippen molar-refractivity contribution in [1.82, 2.24) is 4.98 Å². The van der Waals surface area contributed by atoms with Gasteiger partial charge in [0.2, 0.25) is 0 Å². The number of aromatic nitrogens is 1. The molecular formula is C15H15NO3. The number of ether oxygens (including phenoxy) is 1. The lowest BCUT2D eigenvalue weighted by Crippen LogP contribution is -2.02. The monoisotopic (exact) mass is 257 g/mol. The lowest BCUT2D eigenvalue weighted by Gasteiger charge is -2.08. The average Bonchev–Trinajstić information content (AvgIpc) is 2.37. The second-order valence-corrected chi connectivity index (χ2v) is 4.27. The fourth-order valence-corrected chi connectivity index (χ4v) is 1.74. The van der Waals surface area contributed by atoms with Crippen LogP contribution in [0.2, 0.25) is 0 Å². The Balaban J connectivity index is 2.03. The molecule has 1 aromatic carbocycles. The van der Waals surface area contributed by atoms with Crippen molar-refractivity contribution in [3.8, 4) is 5.75 Å². The summed E-state index contributed by atoms with van der Waals surface area (Å²) in [4.78, 5) is 14.9. The lowest BCUT2D eigenvalue weighted by molar-refractivity contribution is -0.136. The highest BCUT2D eigenvalue weighted by molar-refractivity contribution is 5.70. The number of carbonyl (C=O) groups is 1. The van der Waals surface area contributed by atoms with E-state index >= 15 is 0 Å². The first-order valence-corrected chi connectivity index (χ1v) is 5.99. The Morgan fingerprint density at radius 3 is 2.89 bits per heavy atom. The normalized spacial score (nSPS) is 10.2. The minimum absolute atomic E-state index is 0.000184. The molecule has 0 amide bonds. The topological polar surface area (TPSA) is 59.4 Å². The summed E-state index contributed by atoms with van der Waals surface area (Å²) in [6.45, 7) is 2.36. The molecule has 0 aliphatic heterocycles. The highest BCUT2D eigenvalue weighted by Crippen LogP contribution is 2.16. The summed E-state index contributed by atoms with van der Waals surface area (Å²) in [5.41, 5.74) is 2.68. The molecule has 0 radical (unpaired) electrons. The predicted molar refractivity (Wildman–Crippen MR) is 71.1 cm³/mol. The van der Waals surface area contributed by atoms with Gasteiger partial charge in [0.05, 0.1) is 12.1 Å². The summed E-state index contributed by atoms with van der Waals surface area (Å²) in [5, 5.41) is 8.75. The average molecular weight is 257 g/mol. The van der Waals surface area contributed by atoms with Crippen LogP contribution in [0.15, 0.2) is 42.6 Å². The smallest absolute Gasteiger partial charge is 0.307 e. The number of hydrogen-bond donors (Lipinski definition) is 1. The molecule has 0 saturated heterocycles. The zero-order chi connectivity index (χ0) is 13.7. The maximum absolute atomic E-state index is 10.7. The van der Waals surface area contributed by atoms with Crippen molar-refractivity contribution in [1.29, 1.82) is 0 Å². The van der Waals surface area contributed by atoms with Gasteiger partial charge in [-0.15, -0.1) is 0 Å². The van der Waals surface area contributed by atoms with E-state index in [9.17, 15) is 4.79 Å². The van der Waals surface area contributed by atoms with Gasteiger partial charge in [0.15, 0.2) is 0 Å². The quantitative estimate of drug-likeness (QED) is 0.894. The Labute approximate surface area is 111 Å². The Morgan fingerprint density at radius 2 is 2.16 bits per heavy atom. The molecule has 2 aromatic rings. The van der Waals surface area contributed by atoms with Crippen LogP contribution in [0.3, 0.4) is 0 Å². The lowest BCUT2D eigenvalue weighted by atomic mass is 10.1. The van der Waals surface area contributed by atoms with Crippen LogP contribution in [0.4, 0.5) is 0 Å². The zero-order valence-corrected chi connectivity index (χ0v) is 10.7. The molecule has 1 aromatic heterocycles. The van der Waals surface area contributed by atoms with Gasteiger partial charge >= 0.3 is 5.97 Å². The van der Waals surface area contributed by atoms with Gasteiger partial charge in [-0.2, -0.15) is 0 Å². The molecule has 98 valence electrons. The minimum atomic E-state index is -0.849. The van der Waals surface area contributed by atoms with Crippen LogP contribution in [-0.2, 0) is 17.8 Å². The summed E-state index contributed by atoms with van der Waals surface area (Å²) in [5.74, 6) is -0.193. The third-order valence-electron chi connectivity index (χ3n) is 2.75. The van der Waals surface area contributed by atoms with Crippen molar-refractivity contribution in [2.24, 2.45) is 0 Å². The fourth-order valence-electron chi connectivity index (χ4n) is 1.74. The number of carboxylic acids is 1. The Bertz CT molecular complexity index is 581. The van der Waals surface area contributed by atoms with Gasteiger partial charge in [-0.3, -0.25) is 9.78 Å². The third-order valence-corrected chi connectivity index (χ3v) is 2.75. The van der Waals surface area contributed by atoms with Crippen LogP contribution < -0.4 is 4.74 Å². The van der Waals surface area contributed by atoms with Crippen molar-refractivity contribution in [2.45, 2.75) is 20.0 Å². The molecule has 1 heterocycles. The van der Waals surface area contributed by atoms with E-state index in [2.05, 4.69) is 4.98 Å². The molecule has 0 atom stereocenters. The van der Waals surface area contributed by atoms with E-state index in [1.165, 1.54) is 0 Å². The van der Waals surface area contributed by atoms with Crippen molar-refractivity contribution in [3.05, 3.63) is 59.4 Å². The molecule has 0 spiro atoms. The summed E-state index contributed by atoms with van der Waals surface area (Å²) >= 11 is 0. The minimum Gasteiger partial charge on any atom is -0.487 e. The number of rotatable bonds is 5. The largest absolute Gasteiger partial charge is 0.487 e. The van der Waals surface area contributed by atoms with E-state index in [1.54, 1.807) is 24.4 Å². The van der Waals surface area contributed by atoms with Gasteiger partial charge in [-0.1, -0.05) is 18.2 Å². The summed E-state index contributed by atoms with van der Waals surface area (Å²) in [6, 6.07) is 11.0. The number of benzene rings is 1. The molecule has 0 bridgehead atoms. The van der Waals surface area contributed by atoms with Crippen LogP contribution in [-0.4, -0.2) is 16.1 Å². The number of hydrogen-bond acceptors (Lipinski definition) is 3. The van der Waals surface area contributed by atoms with E-state index in [0.717, 1.165) is 16.8 Å². The molecule has 19 heavy (non-hydrogen) atoms. The van der Waals surface area contributed by atoms with Gasteiger partial charge in [-0.05, 0) is 36.2 Å². The van der Waals surface area contributed by atoms with Gasteiger partial charge < -0.3 is 9.84 Å². The first-order valence-electron chi connectivity index (χ1n) is 5.99. The second-order valence-electron chi connectivity index (χ2n) is 4.27. The Morgan fingerprint density at radius 1 is 1.32 bits per heavy atom. The highest BCUT2D eigenvalue weighted by Gasteiger charge is 2.03. The molecule has 4 heteroatoms. The van der Waals surface area contributed by atoms with Crippen molar-refractivity contribution >= 4 is 5.97 Å². The van der Waals surface area contributed by atoms with Crippen molar-refractivity contribution < 1.29 is 14.6 Å². The molecule has 0 aliphatic carbocycles. The highest BCUT2D eigenvalue weighted by atomic mass is 16.5. The van der Waals surface area contributed by atoms with Crippen LogP contribution in [0.5, 0.6) is 5.75 Å². The van der Waals surface area contributed by atoms with E-state index < -0.39 is 5.97 Å². The first kappa shape index (κ1) is 13.1. The van der Waals surface area contributed by atoms with E-state index in [4.69, 9.17) is 9.84 Å². The van der Waals surface area contributed by atoms with Crippen LogP contribution in [0.25, 0.3) is 0 Å². The SMILES string of the molecule is Cc1cccnc1COc1cccc(CC(=O)O)c1. The number of aryl methyl sites for hydroxylation is 1.